The fraction of sp³-hybridized carbons (Fsp3) is 0.167. The molecular weight excluding hydrogens is 394 g/mol. The van der Waals surface area contributed by atoms with Gasteiger partial charge in [-0.1, -0.05) is 60.7 Å². The molecule has 0 bridgehead atoms. The smallest absolute Gasteiger partial charge is 0.278 e. The van der Waals surface area contributed by atoms with Gasteiger partial charge in [-0.15, -0.1) is 0 Å². The Balaban J connectivity index is 1.54. The summed E-state index contributed by atoms with van der Waals surface area (Å²) in [5, 5.41) is 20.2. The molecule has 0 saturated carbocycles. The predicted molar refractivity (Wildman–Crippen MR) is 115 cm³/mol. The summed E-state index contributed by atoms with van der Waals surface area (Å²) in [6.45, 7) is 1.48. The quantitative estimate of drug-likeness (QED) is 0.316. The van der Waals surface area contributed by atoms with Crippen LogP contribution in [0.15, 0.2) is 85.2 Å². The molecule has 7 heteroatoms. The Morgan fingerprint density at radius 3 is 2.42 bits per heavy atom. The van der Waals surface area contributed by atoms with Crippen LogP contribution in [0.3, 0.4) is 0 Å². The lowest BCUT2D eigenvalue weighted by atomic mass is 9.95. The highest BCUT2D eigenvalue weighted by atomic mass is 16.5. The van der Waals surface area contributed by atoms with Crippen molar-refractivity contribution in [3.8, 4) is 11.1 Å². The number of hydrogen-bond acceptors (Lipinski definition) is 5. The highest BCUT2D eigenvalue weighted by Gasteiger charge is 2.44. The summed E-state index contributed by atoms with van der Waals surface area (Å²) in [4.78, 5) is 16.8. The summed E-state index contributed by atoms with van der Waals surface area (Å²) in [5.41, 5.74) is 3.70. The van der Waals surface area contributed by atoms with E-state index in [1.54, 1.807) is 28.3 Å². The van der Waals surface area contributed by atoms with E-state index in [-0.39, 0.29) is 12.3 Å². The Morgan fingerprint density at radius 1 is 1.06 bits per heavy atom. The number of carbonyl (C=O) groups excluding carboxylic acids is 1. The van der Waals surface area contributed by atoms with Gasteiger partial charge in [0.15, 0.2) is 5.60 Å². The zero-order chi connectivity index (χ0) is 21.8. The van der Waals surface area contributed by atoms with Crippen LogP contribution in [0.2, 0.25) is 0 Å². The van der Waals surface area contributed by atoms with Gasteiger partial charge in [0.05, 0.1) is 12.3 Å². The third kappa shape index (κ3) is 4.20. The van der Waals surface area contributed by atoms with Crippen molar-refractivity contribution in [1.82, 2.24) is 14.9 Å². The molecule has 0 spiro atoms. The molecule has 0 aliphatic rings. The number of nitrogens with one attached hydrogen (secondary N) is 1. The number of carbonyl (C=O) groups is 1. The zero-order valence-corrected chi connectivity index (χ0v) is 17.0. The fourth-order valence-electron chi connectivity index (χ4n) is 3.41. The van der Waals surface area contributed by atoms with Crippen molar-refractivity contribution in [2.24, 2.45) is 0 Å². The van der Waals surface area contributed by atoms with Gasteiger partial charge in [-0.2, -0.15) is 0 Å². The van der Waals surface area contributed by atoms with Gasteiger partial charge in [0.2, 0.25) is 0 Å². The minimum atomic E-state index is -1.76. The Labute approximate surface area is 179 Å². The molecule has 2 heterocycles. The van der Waals surface area contributed by atoms with E-state index in [4.69, 9.17) is 4.74 Å². The lowest BCUT2D eigenvalue weighted by Crippen LogP contribution is -2.50. The van der Waals surface area contributed by atoms with E-state index in [1.165, 1.54) is 6.92 Å². The largest absolute Gasteiger partial charge is 0.383 e. The summed E-state index contributed by atoms with van der Waals surface area (Å²) in [7, 11) is 0. The highest BCUT2D eigenvalue weighted by molar-refractivity contribution is 5.84. The number of aromatic nitrogens is 2. The molecule has 2 aromatic carbocycles. The van der Waals surface area contributed by atoms with Crippen LogP contribution < -0.4 is 5.48 Å². The summed E-state index contributed by atoms with van der Waals surface area (Å²) in [6, 6.07) is 23.2. The normalized spacial score (nSPS) is 14.2. The van der Waals surface area contributed by atoms with Crippen molar-refractivity contribution in [1.29, 1.82) is 0 Å². The third-order valence-electron chi connectivity index (χ3n) is 5.34. The third-order valence-corrected chi connectivity index (χ3v) is 5.34. The van der Waals surface area contributed by atoms with Crippen LogP contribution in [0.4, 0.5) is 0 Å². The number of amides is 1. The van der Waals surface area contributed by atoms with E-state index < -0.39 is 17.6 Å². The van der Waals surface area contributed by atoms with Gasteiger partial charge in [0.25, 0.3) is 5.91 Å². The Kier molecular flexibility index (Phi) is 5.81. The van der Waals surface area contributed by atoms with Crippen LogP contribution in [-0.4, -0.2) is 31.2 Å². The highest BCUT2D eigenvalue weighted by Crippen LogP contribution is 2.31. The molecule has 31 heavy (non-hydrogen) atoms. The van der Waals surface area contributed by atoms with Gasteiger partial charge >= 0.3 is 0 Å². The number of aliphatic hydroxyl groups excluding tert-OH is 1. The number of imidazole rings is 1. The first-order chi connectivity index (χ1) is 15.0. The topological polar surface area (TPSA) is 96.1 Å². The lowest BCUT2D eigenvalue weighted by Gasteiger charge is -2.31. The van der Waals surface area contributed by atoms with Crippen LogP contribution in [0, 0.1) is 0 Å². The first-order valence-electron chi connectivity index (χ1n) is 9.86. The molecule has 0 unspecified atom stereocenters. The summed E-state index contributed by atoms with van der Waals surface area (Å²) in [6.07, 6.45) is 2.01. The van der Waals surface area contributed by atoms with Crippen molar-refractivity contribution in [3.63, 3.8) is 0 Å². The molecule has 0 saturated heterocycles. The number of ether oxygens (including phenoxy) is 1. The number of hydrogen-bond donors (Lipinski definition) is 3. The van der Waals surface area contributed by atoms with Gasteiger partial charge in [-0.25, -0.2) is 10.5 Å². The zero-order valence-electron chi connectivity index (χ0n) is 17.0. The van der Waals surface area contributed by atoms with Gasteiger partial charge in [0, 0.05) is 12.4 Å². The molecule has 4 rings (SSSR count). The molecule has 0 aliphatic heterocycles. The van der Waals surface area contributed by atoms with Crippen molar-refractivity contribution in [2.45, 2.75) is 25.2 Å². The van der Waals surface area contributed by atoms with Crippen LogP contribution in [0.5, 0.6) is 0 Å². The minimum Gasteiger partial charge on any atom is -0.383 e. The summed E-state index contributed by atoms with van der Waals surface area (Å²) < 4.78 is 7.59. The number of aliphatic hydroxyl groups is 1. The number of fused-ring (bicyclic) bond motifs is 1. The first kappa shape index (κ1) is 20.7. The minimum absolute atomic E-state index is 0.0589. The number of hydroxylamine groups is 1. The second kappa shape index (κ2) is 8.69. The number of benzene rings is 2. The van der Waals surface area contributed by atoms with Crippen LogP contribution in [0.25, 0.3) is 16.8 Å². The summed E-state index contributed by atoms with van der Waals surface area (Å²) >= 11 is 0. The predicted octanol–water partition coefficient (Wildman–Crippen LogP) is 3.52. The Bertz CT molecular complexity index is 1140. The SMILES string of the molecule is C[C@@](OCc1ccc(-c2ccccc2)cc1)(C(=O)NO)[C@H](O)c1cn2ccccc2n1. The summed E-state index contributed by atoms with van der Waals surface area (Å²) in [5.74, 6) is -0.863. The maximum absolute atomic E-state index is 12.4. The van der Waals surface area contributed by atoms with Crippen molar-refractivity contribution in [2.75, 3.05) is 0 Å². The molecule has 4 aromatic rings. The van der Waals surface area contributed by atoms with Crippen LogP contribution >= 0.6 is 0 Å². The van der Waals surface area contributed by atoms with Gasteiger partial charge in [-0.3, -0.25) is 10.0 Å². The molecule has 7 nitrogen and oxygen atoms in total. The van der Waals surface area contributed by atoms with E-state index in [0.29, 0.717) is 5.65 Å². The fourth-order valence-corrected chi connectivity index (χ4v) is 3.41. The second-order valence-corrected chi connectivity index (χ2v) is 7.43. The number of nitrogens with zero attached hydrogens (tertiary/aromatic N) is 2. The Morgan fingerprint density at radius 2 is 1.74 bits per heavy atom. The second-order valence-electron chi connectivity index (χ2n) is 7.43. The first-order valence-corrected chi connectivity index (χ1v) is 9.86. The molecule has 158 valence electrons. The van der Waals surface area contributed by atoms with E-state index in [0.717, 1.165) is 16.7 Å². The molecular formula is C24H23N3O4. The molecule has 1 amide bonds. The molecule has 2 aromatic heterocycles. The average Bonchev–Trinajstić information content (AvgIpc) is 3.26. The van der Waals surface area contributed by atoms with Crippen molar-refractivity contribution >= 4 is 11.6 Å². The molecule has 2 atom stereocenters. The van der Waals surface area contributed by atoms with Crippen molar-refractivity contribution < 1.29 is 19.8 Å². The molecule has 0 radical (unpaired) electrons. The van der Waals surface area contributed by atoms with Gasteiger partial charge < -0.3 is 14.2 Å². The van der Waals surface area contributed by atoms with Crippen LogP contribution in [0.1, 0.15) is 24.3 Å². The molecule has 3 N–H and O–H groups in total. The van der Waals surface area contributed by atoms with Crippen molar-refractivity contribution in [3.05, 3.63) is 96.4 Å². The van der Waals surface area contributed by atoms with Gasteiger partial charge in [-0.05, 0) is 35.7 Å². The van der Waals surface area contributed by atoms with Gasteiger partial charge in [0.1, 0.15) is 11.8 Å². The number of rotatable bonds is 7. The van der Waals surface area contributed by atoms with E-state index >= 15 is 0 Å². The standard InChI is InChI=1S/C24H23N3O4/c1-24(23(29)26-30,22(28)20-15-27-14-6-5-9-21(27)25-20)31-16-17-10-12-19(13-11-17)18-7-3-2-4-8-18/h2-15,22,28,30H,16H2,1H3,(H,26,29)/t22-,24+/m1/s1. The maximum atomic E-state index is 12.4. The van der Waals surface area contributed by atoms with E-state index in [2.05, 4.69) is 4.98 Å². The molecule has 0 fully saturated rings. The number of pyridine rings is 1. The average molecular weight is 417 g/mol. The monoisotopic (exact) mass is 417 g/mol. The van der Waals surface area contributed by atoms with E-state index in [9.17, 15) is 15.1 Å². The Hall–Kier alpha value is -3.52. The maximum Gasteiger partial charge on any atom is 0.278 e. The van der Waals surface area contributed by atoms with Crippen LogP contribution in [-0.2, 0) is 16.1 Å². The lowest BCUT2D eigenvalue weighted by molar-refractivity contribution is -0.174. The molecule has 0 aliphatic carbocycles. The van der Waals surface area contributed by atoms with E-state index in [1.807, 2.05) is 66.7 Å².